The summed E-state index contributed by atoms with van der Waals surface area (Å²) in [6.07, 6.45) is 0. The van der Waals surface area contributed by atoms with Crippen LogP contribution in [0.15, 0.2) is 53.4 Å². The summed E-state index contributed by atoms with van der Waals surface area (Å²) in [5.41, 5.74) is 4.14. The molecule has 2 amide bonds. The number of amides is 2. The molecule has 0 spiro atoms. The van der Waals surface area contributed by atoms with Gasteiger partial charge in [-0.15, -0.1) is 0 Å². The summed E-state index contributed by atoms with van der Waals surface area (Å²) in [7, 11) is -0.845. The number of sulfonamides is 1. The summed E-state index contributed by atoms with van der Waals surface area (Å²) in [6, 6.07) is 13.5. The third-order valence-electron chi connectivity index (χ3n) is 5.12. The molecule has 9 nitrogen and oxygen atoms in total. The van der Waals surface area contributed by atoms with E-state index < -0.39 is 21.8 Å². The second kappa shape index (κ2) is 9.55. The Morgan fingerprint density at radius 3 is 2.33 bits per heavy atom. The maximum atomic E-state index is 12.5. The molecule has 1 aromatic heterocycles. The van der Waals surface area contributed by atoms with Gasteiger partial charge in [0.15, 0.2) is 0 Å². The van der Waals surface area contributed by atoms with Crippen LogP contribution in [-0.4, -0.2) is 55.0 Å². The summed E-state index contributed by atoms with van der Waals surface area (Å²) in [5, 5.41) is 9.83. The van der Waals surface area contributed by atoms with Crippen molar-refractivity contribution in [2.75, 3.05) is 26.0 Å². The van der Waals surface area contributed by atoms with E-state index in [-0.39, 0.29) is 17.0 Å². The third-order valence-corrected chi connectivity index (χ3v) is 6.93. The van der Waals surface area contributed by atoms with Crippen molar-refractivity contribution >= 4 is 27.5 Å². The van der Waals surface area contributed by atoms with Gasteiger partial charge in [0.05, 0.1) is 34.2 Å². The Labute approximate surface area is 193 Å². The van der Waals surface area contributed by atoms with Gasteiger partial charge < -0.3 is 10.6 Å². The van der Waals surface area contributed by atoms with E-state index in [1.807, 2.05) is 38.1 Å². The van der Waals surface area contributed by atoms with Crippen LogP contribution in [0.5, 0.6) is 0 Å². The zero-order valence-electron chi connectivity index (χ0n) is 19.2. The fourth-order valence-corrected chi connectivity index (χ4v) is 4.16. The smallest absolute Gasteiger partial charge is 0.251 e. The van der Waals surface area contributed by atoms with E-state index in [0.29, 0.717) is 11.4 Å². The topological polar surface area (TPSA) is 113 Å². The largest absolute Gasteiger partial charge is 0.343 e. The molecular weight excluding hydrogens is 442 g/mol. The second-order valence-electron chi connectivity index (χ2n) is 7.84. The molecule has 1 heterocycles. The molecule has 0 atom stereocenters. The Kier molecular flexibility index (Phi) is 6.99. The number of aromatic nitrogens is 2. The van der Waals surface area contributed by atoms with Crippen molar-refractivity contribution in [2.24, 2.45) is 0 Å². The van der Waals surface area contributed by atoms with E-state index in [1.165, 1.54) is 38.4 Å². The number of benzene rings is 2. The molecule has 3 rings (SSSR count). The number of carbonyl (C=O) groups excluding carboxylic acids is 2. The van der Waals surface area contributed by atoms with Gasteiger partial charge in [0.1, 0.15) is 0 Å². The Morgan fingerprint density at radius 2 is 1.70 bits per heavy atom. The minimum Gasteiger partial charge on any atom is -0.343 e. The molecule has 174 valence electrons. The lowest BCUT2D eigenvalue weighted by molar-refractivity contribution is -0.115. The van der Waals surface area contributed by atoms with Crippen molar-refractivity contribution in [1.29, 1.82) is 0 Å². The summed E-state index contributed by atoms with van der Waals surface area (Å²) in [6.45, 7) is 5.37. The van der Waals surface area contributed by atoms with Crippen LogP contribution >= 0.6 is 0 Å². The molecule has 0 bridgehead atoms. The molecule has 0 unspecified atom stereocenters. The van der Waals surface area contributed by atoms with Crippen LogP contribution in [0.2, 0.25) is 0 Å². The molecule has 3 aromatic rings. The highest BCUT2D eigenvalue weighted by molar-refractivity contribution is 7.89. The molecule has 2 aromatic carbocycles. The highest BCUT2D eigenvalue weighted by atomic mass is 32.2. The Hall–Kier alpha value is -3.50. The maximum absolute atomic E-state index is 12.5. The van der Waals surface area contributed by atoms with Crippen LogP contribution in [0.25, 0.3) is 5.69 Å². The summed E-state index contributed by atoms with van der Waals surface area (Å²) in [4.78, 5) is 25.0. The number of hydrogen-bond donors (Lipinski definition) is 2. The van der Waals surface area contributed by atoms with Crippen LogP contribution < -0.4 is 10.6 Å². The fraction of sp³-hybridized carbons (Fsp3) is 0.261. The van der Waals surface area contributed by atoms with E-state index in [9.17, 15) is 18.0 Å². The predicted octanol–water partition coefficient (Wildman–Crippen LogP) is 2.42. The van der Waals surface area contributed by atoms with Gasteiger partial charge in [-0.05, 0) is 51.1 Å². The van der Waals surface area contributed by atoms with Crippen molar-refractivity contribution in [3.63, 3.8) is 0 Å². The van der Waals surface area contributed by atoms with Crippen LogP contribution in [0.3, 0.4) is 0 Å². The zero-order valence-corrected chi connectivity index (χ0v) is 20.0. The standard InChI is InChI=1S/C23H27N5O4S/c1-15-9-11-19(12-10-15)28-17(3)22(16(2)26-28)25-21(29)14-24-23(30)18-7-6-8-20(13-18)33(31,32)27(4)5/h6-13H,14H2,1-5H3,(H,24,30)(H,25,29). The molecule has 0 saturated heterocycles. The van der Waals surface area contributed by atoms with Gasteiger partial charge in [0.25, 0.3) is 5.91 Å². The number of nitrogens with zero attached hydrogens (tertiary/aromatic N) is 3. The second-order valence-corrected chi connectivity index (χ2v) is 9.99. The van der Waals surface area contributed by atoms with Gasteiger partial charge in [-0.25, -0.2) is 17.4 Å². The van der Waals surface area contributed by atoms with E-state index in [0.717, 1.165) is 21.2 Å². The Morgan fingerprint density at radius 1 is 1.03 bits per heavy atom. The Balaban J connectivity index is 1.68. The van der Waals surface area contributed by atoms with E-state index >= 15 is 0 Å². The molecule has 0 aliphatic heterocycles. The highest BCUT2D eigenvalue weighted by Crippen LogP contribution is 2.23. The minimum absolute atomic E-state index is 0.000582. The molecular formula is C23H27N5O4S. The normalized spacial score (nSPS) is 11.5. The van der Waals surface area contributed by atoms with E-state index in [1.54, 1.807) is 11.6 Å². The molecule has 10 heteroatoms. The zero-order chi connectivity index (χ0) is 24.3. The first-order valence-corrected chi connectivity index (χ1v) is 11.7. The van der Waals surface area contributed by atoms with Crippen molar-refractivity contribution < 1.29 is 18.0 Å². The van der Waals surface area contributed by atoms with Crippen molar-refractivity contribution in [1.82, 2.24) is 19.4 Å². The minimum atomic E-state index is -3.67. The molecule has 2 N–H and O–H groups in total. The van der Waals surface area contributed by atoms with Crippen LogP contribution in [0, 0.1) is 20.8 Å². The van der Waals surface area contributed by atoms with Crippen molar-refractivity contribution in [3.8, 4) is 5.69 Å². The first kappa shape index (κ1) is 24.1. The quantitative estimate of drug-likeness (QED) is 0.552. The van der Waals surface area contributed by atoms with Crippen LogP contribution in [-0.2, 0) is 14.8 Å². The first-order chi connectivity index (χ1) is 15.5. The number of anilines is 1. The van der Waals surface area contributed by atoms with Gasteiger partial charge in [-0.3, -0.25) is 9.59 Å². The lowest BCUT2D eigenvalue weighted by atomic mass is 10.2. The number of aryl methyl sites for hydroxylation is 2. The number of carbonyl (C=O) groups is 2. The van der Waals surface area contributed by atoms with Gasteiger partial charge in [0, 0.05) is 19.7 Å². The van der Waals surface area contributed by atoms with Gasteiger partial charge in [-0.2, -0.15) is 5.10 Å². The van der Waals surface area contributed by atoms with Crippen LogP contribution in [0.1, 0.15) is 27.3 Å². The maximum Gasteiger partial charge on any atom is 0.251 e. The van der Waals surface area contributed by atoms with Crippen LogP contribution in [0.4, 0.5) is 5.69 Å². The van der Waals surface area contributed by atoms with Crippen molar-refractivity contribution in [3.05, 3.63) is 71.0 Å². The van der Waals surface area contributed by atoms with Gasteiger partial charge in [-0.1, -0.05) is 23.8 Å². The third kappa shape index (κ3) is 5.29. The van der Waals surface area contributed by atoms with E-state index in [4.69, 9.17) is 0 Å². The molecule has 33 heavy (non-hydrogen) atoms. The van der Waals surface area contributed by atoms with Gasteiger partial charge >= 0.3 is 0 Å². The Bertz CT molecular complexity index is 1290. The molecule has 0 aliphatic rings. The fourth-order valence-electron chi connectivity index (χ4n) is 3.22. The van der Waals surface area contributed by atoms with E-state index in [2.05, 4.69) is 15.7 Å². The lowest BCUT2D eigenvalue weighted by Gasteiger charge is -2.12. The van der Waals surface area contributed by atoms with Crippen molar-refractivity contribution in [2.45, 2.75) is 25.7 Å². The highest BCUT2D eigenvalue weighted by Gasteiger charge is 2.20. The summed E-state index contributed by atoms with van der Waals surface area (Å²) >= 11 is 0. The van der Waals surface area contributed by atoms with Gasteiger partial charge in [0.2, 0.25) is 15.9 Å². The SMILES string of the molecule is Cc1ccc(-n2nc(C)c(NC(=O)CNC(=O)c3cccc(S(=O)(=O)N(C)C)c3)c2C)cc1. The monoisotopic (exact) mass is 469 g/mol. The predicted molar refractivity (Wildman–Crippen MR) is 126 cm³/mol. The average Bonchev–Trinajstić information content (AvgIpc) is 3.06. The number of nitrogens with one attached hydrogen (secondary N) is 2. The number of hydrogen-bond acceptors (Lipinski definition) is 5. The first-order valence-electron chi connectivity index (χ1n) is 10.2. The number of rotatable bonds is 7. The molecule has 0 fully saturated rings. The average molecular weight is 470 g/mol. The lowest BCUT2D eigenvalue weighted by Crippen LogP contribution is -2.33. The molecule has 0 radical (unpaired) electrons. The summed E-state index contributed by atoms with van der Waals surface area (Å²) in [5.74, 6) is -0.972. The summed E-state index contributed by atoms with van der Waals surface area (Å²) < 4.78 is 27.4. The molecule has 0 saturated carbocycles. The molecule has 0 aliphatic carbocycles.